The highest BCUT2D eigenvalue weighted by Crippen LogP contribution is 2.55. The molecule has 1 aromatic carbocycles. The summed E-state index contributed by atoms with van der Waals surface area (Å²) in [7, 11) is -3.66. The number of nitrogens with one attached hydrogen (secondary N) is 1. The Morgan fingerprint density at radius 1 is 1.20 bits per heavy atom. The molecule has 1 atom stereocenters. The normalized spacial score (nSPS) is 13.3. The Balaban J connectivity index is 2.58. The zero-order valence-corrected chi connectivity index (χ0v) is 16.9. The molecule has 0 fully saturated rings. The van der Waals surface area contributed by atoms with E-state index in [9.17, 15) is 14.6 Å². The van der Waals surface area contributed by atoms with E-state index in [1.54, 1.807) is 26.0 Å². The minimum absolute atomic E-state index is 0.0186. The van der Waals surface area contributed by atoms with Crippen LogP contribution in [0.15, 0.2) is 18.2 Å². The Labute approximate surface area is 158 Å². The predicted molar refractivity (Wildman–Crippen MR) is 101 cm³/mol. The number of ketones is 1. The maximum Gasteiger partial charge on any atom is 0.334 e. The second-order valence-corrected chi connectivity index (χ2v) is 8.60. The second kappa shape index (κ2) is 10.8. The van der Waals surface area contributed by atoms with E-state index in [0.717, 1.165) is 5.56 Å². The molecule has 1 rings (SSSR count). The number of rotatable bonds is 11. The molecule has 0 heterocycles. The number of hydrogen-bond acceptors (Lipinski definition) is 6. The summed E-state index contributed by atoms with van der Waals surface area (Å²) in [5.41, 5.74) is 0.873. The fourth-order valence-corrected chi connectivity index (χ4v) is 3.99. The van der Waals surface area contributed by atoms with Crippen molar-refractivity contribution in [3.05, 3.63) is 33.8 Å². The van der Waals surface area contributed by atoms with E-state index < -0.39 is 19.9 Å². The first-order chi connectivity index (χ1) is 11.7. The monoisotopic (exact) mass is 412 g/mol. The number of benzene rings is 1. The molecule has 0 aliphatic rings. The SMILES string of the molecule is CCOC(OCC)[P+](O)(O)CC(=O)CNC(C)c1ccc(Cl)c(Cl)c1. The van der Waals surface area contributed by atoms with Gasteiger partial charge in [-0.25, -0.2) is 9.79 Å². The topological polar surface area (TPSA) is 88.0 Å². The van der Waals surface area contributed by atoms with Crippen molar-refractivity contribution in [1.82, 2.24) is 5.32 Å². The lowest BCUT2D eigenvalue weighted by Crippen LogP contribution is -2.31. The highest BCUT2D eigenvalue weighted by Gasteiger charge is 2.48. The van der Waals surface area contributed by atoms with E-state index in [4.69, 9.17) is 32.7 Å². The minimum atomic E-state index is -3.66. The van der Waals surface area contributed by atoms with Gasteiger partial charge in [0.1, 0.15) is 0 Å². The van der Waals surface area contributed by atoms with Crippen LogP contribution in [-0.4, -0.2) is 47.5 Å². The van der Waals surface area contributed by atoms with Crippen LogP contribution in [0.4, 0.5) is 0 Å². The van der Waals surface area contributed by atoms with Gasteiger partial charge in [0.15, 0.2) is 11.9 Å². The van der Waals surface area contributed by atoms with Gasteiger partial charge in [0.2, 0.25) is 0 Å². The van der Waals surface area contributed by atoms with Crippen LogP contribution in [0.5, 0.6) is 0 Å². The first-order valence-corrected chi connectivity index (χ1v) is 10.7. The van der Waals surface area contributed by atoms with Crippen molar-refractivity contribution in [2.45, 2.75) is 32.8 Å². The zero-order chi connectivity index (χ0) is 19.0. The smallest absolute Gasteiger partial charge is 0.317 e. The Hall–Kier alpha value is -0.300. The molecule has 0 saturated carbocycles. The van der Waals surface area contributed by atoms with Gasteiger partial charge in [0.05, 0.1) is 29.8 Å². The number of ether oxygens (including phenoxy) is 2. The van der Waals surface area contributed by atoms with Crippen molar-refractivity contribution in [3.63, 3.8) is 0 Å². The highest BCUT2D eigenvalue weighted by atomic mass is 35.5. The summed E-state index contributed by atoms with van der Waals surface area (Å²) in [6, 6.07) is 3.90. The average Bonchev–Trinajstić information content (AvgIpc) is 2.54. The van der Waals surface area contributed by atoms with Crippen LogP contribution >= 0.6 is 30.9 Å². The molecule has 0 radical (unpaired) electrons. The quantitative estimate of drug-likeness (QED) is 0.381. The fraction of sp³-hybridized carbons (Fsp3) is 0.562. The largest absolute Gasteiger partial charge is 0.334 e. The van der Waals surface area contributed by atoms with Gasteiger partial charge in [-0.3, -0.25) is 4.79 Å². The van der Waals surface area contributed by atoms with Crippen LogP contribution in [0.2, 0.25) is 10.0 Å². The van der Waals surface area contributed by atoms with Crippen LogP contribution < -0.4 is 5.32 Å². The molecular formula is C16H25Cl2NO5P+. The summed E-state index contributed by atoms with van der Waals surface area (Å²) < 4.78 is 10.4. The van der Waals surface area contributed by atoms with Gasteiger partial charge in [-0.2, -0.15) is 0 Å². The molecule has 0 aliphatic carbocycles. The number of halogens is 2. The number of carbonyl (C=O) groups is 1. The van der Waals surface area contributed by atoms with Crippen molar-refractivity contribution in [3.8, 4) is 0 Å². The van der Waals surface area contributed by atoms with Gasteiger partial charge in [0.25, 0.3) is 0 Å². The molecular weight excluding hydrogens is 388 g/mol. The van der Waals surface area contributed by atoms with Gasteiger partial charge >= 0.3 is 13.7 Å². The molecule has 0 spiro atoms. The predicted octanol–water partition coefficient (Wildman–Crippen LogP) is 3.40. The fourth-order valence-electron chi connectivity index (χ4n) is 2.13. The lowest BCUT2D eigenvalue weighted by atomic mass is 10.1. The third-order valence-corrected chi connectivity index (χ3v) is 5.94. The minimum Gasteiger partial charge on any atom is -0.317 e. The maximum atomic E-state index is 12.1. The van der Waals surface area contributed by atoms with Gasteiger partial charge in [-0.15, -0.1) is 0 Å². The summed E-state index contributed by atoms with van der Waals surface area (Å²) in [4.78, 5) is 32.5. The molecule has 1 unspecified atom stereocenters. The van der Waals surface area contributed by atoms with E-state index in [-0.39, 0.29) is 31.6 Å². The molecule has 3 N–H and O–H groups in total. The first kappa shape index (κ1) is 22.7. The van der Waals surface area contributed by atoms with Crippen molar-refractivity contribution in [2.24, 2.45) is 0 Å². The molecule has 6 nitrogen and oxygen atoms in total. The van der Waals surface area contributed by atoms with Crippen molar-refractivity contribution in [1.29, 1.82) is 0 Å². The van der Waals surface area contributed by atoms with E-state index >= 15 is 0 Å². The maximum absolute atomic E-state index is 12.1. The molecule has 0 aliphatic heterocycles. The Kier molecular flexibility index (Phi) is 9.78. The van der Waals surface area contributed by atoms with E-state index in [1.165, 1.54) is 0 Å². The second-order valence-electron chi connectivity index (χ2n) is 5.48. The van der Waals surface area contributed by atoms with Crippen molar-refractivity contribution < 1.29 is 24.1 Å². The molecule has 9 heteroatoms. The lowest BCUT2D eigenvalue weighted by molar-refractivity contribution is -0.117. The average molecular weight is 413 g/mol. The summed E-state index contributed by atoms with van der Waals surface area (Å²) in [6.07, 6.45) is -0.404. The summed E-state index contributed by atoms with van der Waals surface area (Å²) in [5, 5.41) is 3.93. The molecule has 0 bridgehead atoms. The van der Waals surface area contributed by atoms with E-state index in [0.29, 0.717) is 10.0 Å². The van der Waals surface area contributed by atoms with E-state index in [2.05, 4.69) is 5.32 Å². The van der Waals surface area contributed by atoms with Crippen molar-refractivity contribution >= 4 is 36.7 Å². The van der Waals surface area contributed by atoms with Crippen LogP contribution in [0.25, 0.3) is 0 Å². The summed E-state index contributed by atoms with van der Waals surface area (Å²) in [6.45, 7) is 5.80. The molecule has 0 amide bonds. The Morgan fingerprint density at radius 2 is 1.80 bits per heavy atom. The van der Waals surface area contributed by atoms with Gasteiger partial charge in [-0.05, 0) is 38.5 Å². The number of carbonyl (C=O) groups excluding carboxylic acids is 1. The van der Waals surface area contributed by atoms with E-state index in [1.807, 2.05) is 13.0 Å². The van der Waals surface area contributed by atoms with Crippen LogP contribution in [0, 0.1) is 0 Å². The molecule has 1 aromatic rings. The van der Waals surface area contributed by atoms with Crippen LogP contribution in [0.3, 0.4) is 0 Å². The molecule has 0 aromatic heterocycles. The van der Waals surface area contributed by atoms with Gasteiger partial charge in [-0.1, -0.05) is 29.3 Å². The van der Waals surface area contributed by atoms with Gasteiger partial charge < -0.3 is 14.8 Å². The third kappa shape index (κ3) is 7.45. The van der Waals surface area contributed by atoms with Gasteiger partial charge in [0, 0.05) is 6.04 Å². The molecule has 0 saturated heterocycles. The lowest BCUT2D eigenvalue weighted by Gasteiger charge is -2.22. The standard InChI is InChI=1S/C16H25Cl2NO5P/c1-4-23-16(24-5-2)25(21,22)10-13(20)9-19-11(3)12-6-7-14(17)15(18)8-12/h6-8,11,16,19,21-22H,4-5,9-10H2,1-3H3/q+1. The highest BCUT2D eigenvalue weighted by molar-refractivity contribution is 7.65. The molecule has 25 heavy (non-hydrogen) atoms. The van der Waals surface area contributed by atoms with Crippen LogP contribution in [-0.2, 0) is 14.3 Å². The zero-order valence-electron chi connectivity index (χ0n) is 14.5. The van der Waals surface area contributed by atoms with Crippen molar-refractivity contribution in [2.75, 3.05) is 25.9 Å². The first-order valence-electron chi connectivity index (χ1n) is 7.97. The molecule has 142 valence electrons. The van der Waals surface area contributed by atoms with Crippen LogP contribution in [0.1, 0.15) is 32.4 Å². The summed E-state index contributed by atoms with van der Waals surface area (Å²) in [5.74, 6) is -0.338. The number of hydrogen-bond donors (Lipinski definition) is 3. The Bertz CT molecular complexity index is 567. The third-order valence-electron chi connectivity index (χ3n) is 3.41. The number of Topliss-reactive ketones (excluding diaryl/α,β-unsaturated/α-hetero) is 1. The summed E-state index contributed by atoms with van der Waals surface area (Å²) >= 11 is 11.9. The Morgan fingerprint density at radius 3 is 2.32 bits per heavy atom.